The number of anilines is 1. The van der Waals surface area contributed by atoms with Gasteiger partial charge in [0.25, 0.3) is 5.91 Å². The third-order valence-corrected chi connectivity index (χ3v) is 5.96. The van der Waals surface area contributed by atoms with Crippen LogP contribution in [0.5, 0.6) is 5.75 Å². The number of hydrazone groups is 1. The van der Waals surface area contributed by atoms with Crippen molar-refractivity contribution in [3.05, 3.63) is 76.0 Å². The van der Waals surface area contributed by atoms with Crippen molar-refractivity contribution in [1.82, 2.24) is 4.98 Å². The summed E-state index contributed by atoms with van der Waals surface area (Å²) in [5.74, 6) is 0.491. The normalized spacial score (nSPS) is 11.2. The number of nitrogens with zero attached hydrogens (tertiary/aromatic N) is 3. The molecule has 0 aliphatic carbocycles. The second-order valence-corrected chi connectivity index (χ2v) is 8.29. The van der Waals surface area contributed by atoms with Crippen LogP contribution in [0.25, 0.3) is 10.2 Å². The van der Waals surface area contributed by atoms with Crippen molar-refractivity contribution in [1.29, 1.82) is 0 Å². The predicted molar refractivity (Wildman–Crippen MR) is 121 cm³/mol. The second kappa shape index (κ2) is 8.55. The Morgan fingerprint density at radius 2 is 2.03 bits per heavy atom. The van der Waals surface area contributed by atoms with Crippen LogP contribution in [0.2, 0.25) is 0 Å². The number of rotatable bonds is 6. The first-order valence-corrected chi connectivity index (χ1v) is 10.9. The zero-order valence-corrected chi connectivity index (χ0v) is 17.7. The van der Waals surface area contributed by atoms with E-state index in [1.807, 2.05) is 43.5 Å². The Bertz CT molecular complexity index is 1150. The molecule has 4 aromatic rings. The largest absolute Gasteiger partial charge is 0.494 e. The van der Waals surface area contributed by atoms with Gasteiger partial charge in [-0.15, -0.1) is 11.3 Å². The van der Waals surface area contributed by atoms with Gasteiger partial charge in [0, 0.05) is 10.4 Å². The third-order valence-electron chi connectivity index (χ3n) is 4.16. The standard InChI is InChI=1S/C22H19N3O2S2/c1-3-27-17-9-7-16(8-10-17)21(26)25(23-14-18-5-4-12-28-18)22-24-19-11-6-15(2)13-20(19)29-22/h4-14H,3H2,1-2H3/b23-14+. The molecular weight excluding hydrogens is 402 g/mol. The van der Waals surface area contributed by atoms with Crippen molar-refractivity contribution in [2.45, 2.75) is 13.8 Å². The van der Waals surface area contributed by atoms with Gasteiger partial charge < -0.3 is 4.74 Å². The molecular formula is C22H19N3O2S2. The summed E-state index contributed by atoms with van der Waals surface area (Å²) in [6, 6.07) is 17.0. The van der Waals surface area contributed by atoms with Crippen molar-refractivity contribution in [3.63, 3.8) is 0 Å². The first-order chi connectivity index (χ1) is 14.1. The Hall–Kier alpha value is -3.03. The first-order valence-electron chi connectivity index (χ1n) is 9.16. The van der Waals surface area contributed by atoms with Crippen LogP contribution in [0.3, 0.4) is 0 Å². The highest BCUT2D eigenvalue weighted by Gasteiger charge is 2.21. The van der Waals surface area contributed by atoms with Gasteiger partial charge in [0.05, 0.1) is 23.0 Å². The van der Waals surface area contributed by atoms with Gasteiger partial charge in [0.2, 0.25) is 5.13 Å². The van der Waals surface area contributed by atoms with E-state index in [2.05, 4.69) is 16.2 Å². The van der Waals surface area contributed by atoms with Crippen LogP contribution < -0.4 is 9.75 Å². The first kappa shape index (κ1) is 19.3. The van der Waals surface area contributed by atoms with Crippen LogP contribution in [0, 0.1) is 6.92 Å². The summed E-state index contributed by atoms with van der Waals surface area (Å²) in [7, 11) is 0. The number of thiophene rings is 1. The van der Waals surface area contributed by atoms with E-state index in [-0.39, 0.29) is 5.91 Å². The SMILES string of the molecule is CCOc1ccc(C(=O)N(/N=C/c2cccs2)c2nc3ccc(C)cc3s2)cc1. The smallest absolute Gasteiger partial charge is 0.280 e. The van der Waals surface area contributed by atoms with E-state index in [1.165, 1.54) is 16.3 Å². The average molecular weight is 422 g/mol. The number of carbonyl (C=O) groups excluding carboxylic acids is 1. The molecule has 2 heterocycles. The zero-order valence-electron chi connectivity index (χ0n) is 16.0. The maximum Gasteiger partial charge on any atom is 0.280 e. The number of carbonyl (C=O) groups is 1. The second-order valence-electron chi connectivity index (χ2n) is 6.30. The van der Waals surface area contributed by atoms with Crippen molar-refractivity contribution < 1.29 is 9.53 Å². The fourth-order valence-corrected chi connectivity index (χ4v) is 4.36. The summed E-state index contributed by atoms with van der Waals surface area (Å²) in [5.41, 5.74) is 2.53. The minimum Gasteiger partial charge on any atom is -0.494 e. The fourth-order valence-electron chi connectivity index (χ4n) is 2.76. The van der Waals surface area contributed by atoms with Gasteiger partial charge in [0.1, 0.15) is 5.75 Å². The topological polar surface area (TPSA) is 54.8 Å². The molecule has 0 radical (unpaired) electrons. The highest BCUT2D eigenvalue weighted by molar-refractivity contribution is 7.22. The van der Waals surface area contributed by atoms with Crippen LogP contribution in [0.15, 0.2) is 65.1 Å². The van der Waals surface area contributed by atoms with Crippen molar-refractivity contribution in [2.24, 2.45) is 5.10 Å². The lowest BCUT2D eigenvalue weighted by atomic mass is 10.2. The van der Waals surface area contributed by atoms with Crippen molar-refractivity contribution in [3.8, 4) is 5.75 Å². The molecule has 7 heteroatoms. The fraction of sp³-hybridized carbons (Fsp3) is 0.136. The Labute approximate surface area is 176 Å². The molecule has 0 saturated carbocycles. The summed E-state index contributed by atoms with van der Waals surface area (Å²) in [5, 5.41) is 8.36. The van der Waals surface area contributed by atoms with E-state index in [0.717, 1.165) is 26.4 Å². The van der Waals surface area contributed by atoms with Gasteiger partial charge in [-0.05, 0) is 67.3 Å². The van der Waals surface area contributed by atoms with E-state index in [0.29, 0.717) is 17.3 Å². The summed E-state index contributed by atoms with van der Waals surface area (Å²) in [6.07, 6.45) is 1.69. The molecule has 0 spiro atoms. The maximum atomic E-state index is 13.3. The van der Waals surface area contributed by atoms with Crippen LogP contribution in [0.1, 0.15) is 27.7 Å². The van der Waals surface area contributed by atoms with Crippen molar-refractivity contribution in [2.75, 3.05) is 11.6 Å². The monoisotopic (exact) mass is 421 g/mol. The highest BCUT2D eigenvalue weighted by atomic mass is 32.1. The molecule has 0 N–H and O–H groups in total. The number of fused-ring (bicyclic) bond motifs is 1. The molecule has 2 aromatic carbocycles. The lowest BCUT2D eigenvalue weighted by molar-refractivity contribution is 0.0988. The number of ether oxygens (including phenoxy) is 1. The number of aromatic nitrogens is 1. The van der Waals surface area contributed by atoms with Gasteiger partial charge in [0.15, 0.2) is 0 Å². The molecule has 4 rings (SSSR count). The molecule has 29 heavy (non-hydrogen) atoms. The Morgan fingerprint density at radius 3 is 2.76 bits per heavy atom. The van der Waals surface area contributed by atoms with Gasteiger partial charge >= 0.3 is 0 Å². The highest BCUT2D eigenvalue weighted by Crippen LogP contribution is 2.31. The number of thiazole rings is 1. The van der Waals surface area contributed by atoms with Crippen LogP contribution >= 0.6 is 22.7 Å². The number of benzene rings is 2. The number of hydrogen-bond donors (Lipinski definition) is 0. The van der Waals surface area contributed by atoms with Gasteiger partial charge in [-0.3, -0.25) is 4.79 Å². The Balaban J connectivity index is 1.71. The lowest BCUT2D eigenvalue weighted by Crippen LogP contribution is -2.25. The lowest BCUT2D eigenvalue weighted by Gasteiger charge is -2.14. The Kier molecular flexibility index (Phi) is 5.69. The van der Waals surface area contributed by atoms with E-state index >= 15 is 0 Å². The molecule has 1 amide bonds. The quantitative estimate of drug-likeness (QED) is 0.294. The molecule has 146 valence electrons. The molecule has 5 nitrogen and oxygen atoms in total. The van der Waals surface area contributed by atoms with Gasteiger partial charge in [-0.1, -0.05) is 23.5 Å². The van der Waals surface area contributed by atoms with Gasteiger partial charge in [-0.2, -0.15) is 10.1 Å². The average Bonchev–Trinajstić information content (AvgIpc) is 3.38. The molecule has 0 aliphatic heterocycles. The van der Waals surface area contributed by atoms with Crippen molar-refractivity contribution >= 4 is 50.1 Å². The molecule has 0 atom stereocenters. The van der Waals surface area contributed by atoms with Crippen LogP contribution in [-0.4, -0.2) is 23.7 Å². The minimum absolute atomic E-state index is 0.239. The Morgan fingerprint density at radius 1 is 1.21 bits per heavy atom. The van der Waals surface area contributed by atoms with Crippen LogP contribution in [0.4, 0.5) is 5.13 Å². The van der Waals surface area contributed by atoms with E-state index in [1.54, 1.807) is 41.8 Å². The molecule has 0 unspecified atom stereocenters. The maximum absolute atomic E-state index is 13.3. The van der Waals surface area contributed by atoms with E-state index in [4.69, 9.17) is 4.74 Å². The zero-order chi connectivity index (χ0) is 20.2. The number of amides is 1. The van der Waals surface area contributed by atoms with E-state index < -0.39 is 0 Å². The summed E-state index contributed by atoms with van der Waals surface area (Å²) in [6.45, 7) is 4.54. The summed E-state index contributed by atoms with van der Waals surface area (Å²) >= 11 is 3.01. The summed E-state index contributed by atoms with van der Waals surface area (Å²) < 4.78 is 6.49. The number of hydrogen-bond acceptors (Lipinski definition) is 6. The molecule has 0 bridgehead atoms. The van der Waals surface area contributed by atoms with Gasteiger partial charge in [-0.25, -0.2) is 4.98 Å². The molecule has 0 fully saturated rings. The third kappa shape index (κ3) is 4.36. The number of aryl methyl sites for hydroxylation is 1. The molecule has 2 aromatic heterocycles. The molecule has 0 aliphatic rings. The molecule has 0 saturated heterocycles. The minimum atomic E-state index is -0.239. The summed E-state index contributed by atoms with van der Waals surface area (Å²) in [4.78, 5) is 18.9. The van der Waals surface area contributed by atoms with E-state index in [9.17, 15) is 4.79 Å². The predicted octanol–water partition coefficient (Wildman–Crippen LogP) is 5.75. The van der Waals surface area contributed by atoms with Crippen LogP contribution in [-0.2, 0) is 0 Å².